The van der Waals surface area contributed by atoms with Gasteiger partial charge in [0.1, 0.15) is 0 Å². The van der Waals surface area contributed by atoms with E-state index in [9.17, 15) is 9.59 Å². The molecule has 1 atom stereocenters. The highest BCUT2D eigenvalue weighted by Crippen LogP contribution is 2.02. The van der Waals surface area contributed by atoms with Gasteiger partial charge in [-0.2, -0.15) is 0 Å². The Morgan fingerprint density at radius 1 is 1.20 bits per heavy atom. The normalized spacial score (nSPS) is 12.5. The summed E-state index contributed by atoms with van der Waals surface area (Å²) in [6.07, 6.45) is 0. The molecule has 0 bridgehead atoms. The van der Waals surface area contributed by atoms with Gasteiger partial charge in [0.2, 0.25) is 11.8 Å². The molecule has 0 aliphatic rings. The van der Waals surface area contributed by atoms with Gasteiger partial charge in [0.15, 0.2) is 0 Å². The van der Waals surface area contributed by atoms with Crippen molar-refractivity contribution in [3.05, 3.63) is 0 Å². The summed E-state index contributed by atoms with van der Waals surface area (Å²) in [5.41, 5.74) is 5.70. The predicted octanol–water partition coefficient (Wildman–Crippen LogP) is -0.484. The summed E-state index contributed by atoms with van der Waals surface area (Å²) in [5.74, 6) is -0.226. The fraction of sp³-hybridized carbons (Fsp3) is 0.800. The molecule has 88 valence electrons. The molecule has 0 spiro atoms. The summed E-state index contributed by atoms with van der Waals surface area (Å²) in [7, 11) is 4.90. The highest BCUT2D eigenvalue weighted by molar-refractivity contribution is 5.87. The number of hydrogen-bond donors (Lipinski definition) is 1. The van der Waals surface area contributed by atoms with Crippen LogP contribution in [0.2, 0.25) is 0 Å². The molecule has 1 unspecified atom stereocenters. The van der Waals surface area contributed by atoms with Crippen molar-refractivity contribution in [3.63, 3.8) is 0 Å². The van der Waals surface area contributed by atoms with Crippen LogP contribution in [0.25, 0.3) is 0 Å². The summed E-state index contributed by atoms with van der Waals surface area (Å²) >= 11 is 0. The van der Waals surface area contributed by atoms with Crippen LogP contribution in [0.3, 0.4) is 0 Å². The van der Waals surface area contributed by atoms with Gasteiger partial charge in [-0.15, -0.1) is 0 Å². The Hall–Kier alpha value is -1.10. The lowest BCUT2D eigenvalue weighted by atomic mass is 10.0. The summed E-state index contributed by atoms with van der Waals surface area (Å²) in [4.78, 5) is 25.8. The Morgan fingerprint density at radius 3 is 2.00 bits per heavy atom. The van der Waals surface area contributed by atoms with Gasteiger partial charge in [0, 0.05) is 21.1 Å². The molecule has 15 heavy (non-hydrogen) atoms. The molecule has 0 aliphatic heterocycles. The van der Waals surface area contributed by atoms with E-state index in [1.807, 2.05) is 13.8 Å². The van der Waals surface area contributed by atoms with E-state index in [0.29, 0.717) is 0 Å². The molecular formula is C10H21N3O2. The van der Waals surface area contributed by atoms with Crippen molar-refractivity contribution in [2.45, 2.75) is 19.9 Å². The SMILES string of the molecule is CC(C)C(N)C(=O)N(C)CC(=O)N(C)C. The maximum absolute atomic E-state index is 11.7. The highest BCUT2D eigenvalue weighted by atomic mass is 16.2. The van der Waals surface area contributed by atoms with E-state index in [4.69, 9.17) is 5.73 Å². The topological polar surface area (TPSA) is 66.6 Å². The molecule has 5 heteroatoms. The number of carbonyl (C=O) groups is 2. The van der Waals surface area contributed by atoms with E-state index in [2.05, 4.69) is 0 Å². The van der Waals surface area contributed by atoms with Crippen molar-refractivity contribution < 1.29 is 9.59 Å². The Balaban J connectivity index is 4.28. The van der Waals surface area contributed by atoms with Crippen LogP contribution < -0.4 is 5.73 Å². The molecule has 0 saturated heterocycles. The monoisotopic (exact) mass is 215 g/mol. The molecule has 0 aromatic rings. The minimum atomic E-state index is -0.537. The number of carbonyl (C=O) groups excluding carboxylic acids is 2. The van der Waals surface area contributed by atoms with Crippen molar-refractivity contribution in [1.29, 1.82) is 0 Å². The van der Waals surface area contributed by atoms with Gasteiger partial charge in [-0.3, -0.25) is 9.59 Å². The van der Waals surface area contributed by atoms with Gasteiger partial charge in [-0.1, -0.05) is 13.8 Å². The molecule has 0 fully saturated rings. The van der Waals surface area contributed by atoms with Crippen molar-refractivity contribution in [2.75, 3.05) is 27.7 Å². The zero-order valence-electron chi connectivity index (χ0n) is 10.2. The average molecular weight is 215 g/mol. The second kappa shape index (κ2) is 5.70. The molecular weight excluding hydrogens is 194 g/mol. The first kappa shape index (κ1) is 13.9. The van der Waals surface area contributed by atoms with Crippen LogP contribution in [0.4, 0.5) is 0 Å². The predicted molar refractivity (Wildman–Crippen MR) is 59.1 cm³/mol. The quantitative estimate of drug-likeness (QED) is 0.688. The van der Waals surface area contributed by atoms with E-state index in [1.54, 1.807) is 21.1 Å². The second-order valence-corrected chi connectivity index (χ2v) is 4.25. The number of nitrogens with zero attached hydrogens (tertiary/aromatic N) is 2. The zero-order chi connectivity index (χ0) is 12.2. The van der Waals surface area contributed by atoms with Crippen LogP contribution in [-0.4, -0.2) is 55.3 Å². The molecule has 0 rings (SSSR count). The third-order valence-corrected chi connectivity index (χ3v) is 2.25. The fourth-order valence-corrected chi connectivity index (χ4v) is 0.962. The van der Waals surface area contributed by atoms with Crippen LogP contribution in [0.5, 0.6) is 0 Å². The van der Waals surface area contributed by atoms with E-state index < -0.39 is 6.04 Å². The molecule has 5 nitrogen and oxygen atoms in total. The average Bonchev–Trinajstić information content (AvgIpc) is 2.14. The van der Waals surface area contributed by atoms with Crippen LogP contribution >= 0.6 is 0 Å². The van der Waals surface area contributed by atoms with Crippen LogP contribution in [0.15, 0.2) is 0 Å². The third-order valence-electron chi connectivity index (χ3n) is 2.25. The fourth-order valence-electron chi connectivity index (χ4n) is 0.962. The lowest BCUT2D eigenvalue weighted by Gasteiger charge is -2.24. The number of rotatable bonds is 4. The number of hydrogen-bond acceptors (Lipinski definition) is 3. The van der Waals surface area contributed by atoms with E-state index in [1.165, 1.54) is 9.80 Å². The van der Waals surface area contributed by atoms with Gasteiger partial charge in [0.05, 0.1) is 12.6 Å². The first-order valence-corrected chi connectivity index (χ1v) is 4.98. The van der Waals surface area contributed by atoms with Crippen LogP contribution in [-0.2, 0) is 9.59 Å². The third kappa shape index (κ3) is 4.29. The smallest absolute Gasteiger partial charge is 0.241 e. The molecule has 0 aromatic heterocycles. The Morgan fingerprint density at radius 2 is 1.67 bits per heavy atom. The van der Waals surface area contributed by atoms with Gasteiger partial charge >= 0.3 is 0 Å². The first-order valence-electron chi connectivity index (χ1n) is 4.98. The number of amides is 2. The van der Waals surface area contributed by atoms with Crippen molar-refractivity contribution in [2.24, 2.45) is 11.7 Å². The van der Waals surface area contributed by atoms with E-state index in [0.717, 1.165) is 0 Å². The summed E-state index contributed by atoms with van der Waals surface area (Å²) in [5, 5.41) is 0. The Labute approximate surface area is 91.2 Å². The largest absolute Gasteiger partial charge is 0.347 e. The zero-order valence-corrected chi connectivity index (χ0v) is 10.2. The standard InChI is InChI=1S/C10H21N3O2/c1-7(2)9(11)10(15)13(5)6-8(14)12(3)4/h7,9H,6,11H2,1-5H3. The van der Waals surface area contributed by atoms with Crippen molar-refractivity contribution in [3.8, 4) is 0 Å². The molecule has 2 N–H and O–H groups in total. The summed E-state index contributed by atoms with van der Waals surface area (Å²) < 4.78 is 0. The molecule has 0 aliphatic carbocycles. The second-order valence-electron chi connectivity index (χ2n) is 4.25. The van der Waals surface area contributed by atoms with E-state index in [-0.39, 0.29) is 24.3 Å². The van der Waals surface area contributed by atoms with Gasteiger partial charge in [0.25, 0.3) is 0 Å². The Bertz CT molecular complexity index is 239. The molecule has 0 saturated carbocycles. The highest BCUT2D eigenvalue weighted by Gasteiger charge is 2.22. The minimum Gasteiger partial charge on any atom is -0.347 e. The van der Waals surface area contributed by atoms with Crippen LogP contribution in [0, 0.1) is 5.92 Å². The summed E-state index contributed by atoms with van der Waals surface area (Å²) in [6.45, 7) is 3.83. The van der Waals surface area contributed by atoms with Gasteiger partial charge in [-0.05, 0) is 5.92 Å². The maximum atomic E-state index is 11.7. The minimum absolute atomic E-state index is 0.0756. The molecule has 2 amide bonds. The van der Waals surface area contributed by atoms with Crippen LogP contribution in [0.1, 0.15) is 13.8 Å². The molecule has 0 radical (unpaired) electrons. The lowest BCUT2D eigenvalue weighted by Crippen LogP contribution is -2.47. The molecule has 0 aromatic carbocycles. The van der Waals surface area contributed by atoms with Gasteiger partial charge in [-0.25, -0.2) is 0 Å². The number of likely N-dealkylation sites (N-methyl/N-ethyl adjacent to an activating group) is 2. The van der Waals surface area contributed by atoms with E-state index >= 15 is 0 Å². The van der Waals surface area contributed by atoms with Crippen molar-refractivity contribution >= 4 is 11.8 Å². The summed E-state index contributed by atoms with van der Waals surface area (Å²) in [6, 6.07) is -0.537. The first-order chi connectivity index (χ1) is 6.77. The van der Waals surface area contributed by atoms with Crippen molar-refractivity contribution in [1.82, 2.24) is 9.80 Å². The Kier molecular flexibility index (Phi) is 5.28. The molecule has 0 heterocycles. The lowest BCUT2D eigenvalue weighted by molar-refractivity contribution is -0.139. The van der Waals surface area contributed by atoms with Gasteiger partial charge < -0.3 is 15.5 Å². The maximum Gasteiger partial charge on any atom is 0.241 e. The number of nitrogens with two attached hydrogens (primary N) is 1.